The lowest BCUT2D eigenvalue weighted by atomic mass is 10.4. The minimum absolute atomic E-state index is 0.167. The molecule has 4 nitrogen and oxygen atoms in total. The Morgan fingerprint density at radius 2 is 2.00 bits per heavy atom. The Labute approximate surface area is 59.5 Å². The van der Waals surface area contributed by atoms with Gasteiger partial charge in [-0.1, -0.05) is 0 Å². The Hall–Kier alpha value is -1.24. The van der Waals surface area contributed by atoms with Crippen molar-refractivity contribution < 1.29 is 23.1 Å². The highest BCUT2D eigenvalue weighted by atomic mass is 19.4. The van der Waals surface area contributed by atoms with Crippen LogP contribution in [0.5, 0.6) is 0 Å². The summed E-state index contributed by atoms with van der Waals surface area (Å²) in [5.74, 6) is 2.42. The molecule has 0 aliphatic rings. The van der Waals surface area contributed by atoms with E-state index in [-0.39, 0.29) is 6.08 Å². The topological polar surface area (TPSA) is 78.2 Å². The molecule has 0 rings (SSSR count). The van der Waals surface area contributed by atoms with Crippen molar-refractivity contribution in [1.29, 1.82) is 0 Å². The number of carboxylic acid groups (broad SMARTS) is 1. The van der Waals surface area contributed by atoms with E-state index in [9.17, 15) is 23.1 Å². The number of carbonyl (C=O) groups excluding carboxylic acids is 1. The minimum atomic E-state index is -4.80. The highest BCUT2D eigenvalue weighted by molar-refractivity contribution is 5.78. The normalized spacial score (nSPS) is 12.9. The summed E-state index contributed by atoms with van der Waals surface area (Å²) in [6, 6.07) is 0. The zero-order valence-electron chi connectivity index (χ0n) is 5.11. The van der Waals surface area contributed by atoms with Crippen molar-refractivity contribution in [3.8, 4) is 0 Å². The van der Waals surface area contributed by atoms with Gasteiger partial charge in [-0.05, 0) is 6.08 Å². The monoisotopic (exact) mass is 169 g/mol. The smallest absolute Gasteiger partial charge is 0.432 e. The van der Waals surface area contributed by atoms with Gasteiger partial charge in [-0.3, -0.25) is 5.84 Å². The molecule has 0 aliphatic carbocycles. The summed E-state index contributed by atoms with van der Waals surface area (Å²) in [5.41, 5.74) is -0.369. The van der Waals surface area contributed by atoms with Crippen LogP contribution in [0.2, 0.25) is 0 Å². The SMILES string of the molecule is NN/C(=C\C(=O)[O-])C(F)(F)F. The number of carboxylic acids is 1. The molecular formula is C4H4F3N2O2-. The first-order chi connectivity index (χ1) is 4.88. The predicted molar refractivity (Wildman–Crippen MR) is 26.5 cm³/mol. The number of halogens is 3. The van der Waals surface area contributed by atoms with Crippen molar-refractivity contribution in [2.75, 3.05) is 0 Å². The third-order valence-electron chi connectivity index (χ3n) is 0.723. The number of alkyl halides is 3. The van der Waals surface area contributed by atoms with E-state index < -0.39 is 17.8 Å². The molecule has 3 N–H and O–H groups in total. The van der Waals surface area contributed by atoms with Crippen molar-refractivity contribution in [2.24, 2.45) is 5.84 Å². The van der Waals surface area contributed by atoms with E-state index in [1.807, 2.05) is 0 Å². The van der Waals surface area contributed by atoms with Crippen LogP contribution in [0.25, 0.3) is 0 Å². The van der Waals surface area contributed by atoms with Gasteiger partial charge >= 0.3 is 6.18 Å². The van der Waals surface area contributed by atoms with Gasteiger partial charge in [0.1, 0.15) is 5.70 Å². The lowest BCUT2D eigenvalue weighted by Gasteiger charge is -2.10. The van der Waals surface area contributed by atoms with Gasteiger partial charge in [0, 0.05) is 0 Å². The van der Waals surface area contributed by atoms with Crippen LogP contribution in [0, 0.1) is 0 Å². The fourth-order valence-electron chi connectivity index (χ4n) is 0.323. The molecule has 0 saturated carbocycles. The van der Waals surface area contributed by atoms with Crippen LogP contribution in [0.3, 0.4) is 0 Å². The number of hydrogen-bond acceptors (Lipinski definition) is 4. The van der Waals surface area contributed by atoms with Crippen LogP contribution in [0.1, 0.15) is 0 Å². The van der Waals surface area contributed by atoms with Crippen molar-refractivity contribution in [2.45, 2.75) is 6.18 Å². The molecular weight excluding hydrogens is 165 g/mol. The van der Waals surface area contributed by atoms with Gasteiger partial charge in [0.15, 0.2) is 0 Å². The maximum atomic E-state index is 11.6. The average Bonchev–Trinajstić information content (AvgIpc) is 1.79. The quantitative estimate of drug-likeness (QED) is 0.304. The fraction of sp³-hybridized carbons (Fsp3) is 0.250. The Balaban J connectivity index is 4.54. The van der Waals surface area contributed by atoms with Gasteiger partial charge in [-0.2, -0.15) is 13.2 Å². The number of aliphatic carboxylic acids is 1. The highest BCUT2D eigenvalue weighted by Gasteiger charge is 2.33. The van der Waals surface area contributed by atoms with Crippen LogP contribution in [-0.4, -0.2) is 12.1 Å². The van der Waals surface area contributed by atoms with Gasteiger partial charge in [0.05, 0.1) is 5.97 Å². The van der Waals surface area contributed by atoms with Gasteiger partial charge in [0.2, 0.25) is 0 Å². The molecule has 0 saturated heterocycles. The zero-order valence-corrected chi connectivity index (χ0v) is 5.11. The van der Waals surface area contributed by atoms with Gasteiger partial charge in [-0.15, -0.1) is 0 Å². The van der Waals surface area contributed by atoms with E-state index in [0.29, 0.717) is 0 Å². The van der Waals surface area contributed by atoms with Gasteiger partial charge in [0.25, 0.3) is 0 Å². The maximum Gasteiger partial charge on any atom is 0.432 e. The molecule has 0 bridgehead atoms. The zero-order chi connectivity index (χ0) is 9.07. The Kier molecular flexibility index (Phi) is 2.87. The average molecular weight is 169 g/mol. The van der Waals surface area contributed by atoms with Crippen LogP contribution in [-0.2, 0) is 4.79 Å². The number of rotatable bonds is 2. The minimum Gasteiger partial charge on any atom is -0.545 e. The molecule has 0 unspecified atom stereocenters. The summed E-state index contributed by atoms with van der Waals surface area (Å²) in [4.78, 5) is 9.63. The maximum absolute atomic E-state index is 11.6. The van der Waals surface area contributed by atoms with Crippen molar-refractivity contribution in [3.63, 3.8) is 0 Å². The van der Waals surface area contributed by atoms with E-state index >= 15 is 0 Å². The van der Waals surface area contributed by atoms with Crippen molar-refractivity contribution >= 4 is 5.97 Å². The molecule has 7 heteroatoms. The summed E-state index contributed by atoms with van der Waals surface area (Å²) in [6.45, 7) is 0. The second-order valence-corrected chi connectivity index (χ2v) is 1.52. The number of nitrogens with two attached hydrogens (primary N) is 1. The van der Waals surface area contributed by atoms with E-state index in [4.69, 9.17) is 0 Å². The Morgan fingerprint density at radius 1 is 1.55 bits per heavy atom. The van der Waals surface area contributed by atoms with Crippen LogP contribution >= 0.6 is 0 Å². The summed E-state index contributed by atoms with van der Waals surface area (Å²) in [6.07, 6.45) is -4.96. The highest BCUT2D eigenvalue weighted by Crippen LogP contribution is 2.21. The molecule has 0 fully saturated rings. The summed E-state index contributed by atoms with van der Waals surface area (Å²) in [7, 11) is 0. The third kappa shape index (κ3) is 3.46. The van der Waals surface area contributed by atoms with Crippen LogP contribution in [0.15, 0.2) is 11.8 Å². The molecule has 0 atom stereocenters. The number of carbonyl (C=O) groups is 1. The van der Waals surface area contributed by atoms with E-state index in [0.717, 1.165) is 0 Å². The molecule has 0 aliphatic heterocycles. The van der Waals surface area contributed by atoms with Crippen LogP contribution in [0.4, 0.5) is 13.2 Å². The number of hydrogen-bond donors (Lipinski definition) is 2. The molecule has 0 aromatic heterocycles. The van der Waals surface area contributed by atoms with Gasteiger partial charge in [-0.25, -0.2) is 0 Å². The second kappa shape index (κ2) is 3.24. The summed E-state index contributed by atoms with van der Waals surface area (Å²) >= 11 is 0. The molecule has 11 heavy (non-hydrogen) atoms. The standard InChI is InChI=1S/C4H5F3N2O2/c5-4(6,7)2(9-8)1-3(10)11/h1,9H,8H2,(H,10,11)/p-1/b2-1-. The Bertz CT molecular complexity index is 186. The second-order valence-electron chi connectivity index (χ2n) is 1.52. The van der Waals surface area contributed by atoms with Crippen LogP contribution < -0.4 is 16.4 Å². The van der Waals surface area contributed by atoms with E-state index in [1.165, 1.54) is 5.43 Å². The molecule has 0 radical (unpaired) electrons. The molecule has 0 aromatic rings. The molecule has 0 spiro atoms. The first kappa shape index (κ1) is 9.76. The van der Waals surface area contributed by atoms with Crippen molar-refractivity contribution in [1.82, 2.24) is 5.43 Å². The third-order valence-corrected chi connectivity index (χ3v) is 0.723. The first-order valence-electron chi connectivity index (χ1n) is 2.34. The number of allylic oxidation sites excluding steroid dienone is 1. The molecule has 64 valence electrons. The molecule has 0 heterocycles. The fourth-order valence-corrected chi connectivity index (χ4v) is 0.323. The Morgan fingerprint density at radius 3 is 2.09 bits per heavy atom. The molecule has 0 aromatic carbocycles. The van der Waals surface area contributed by atoms with Crippen molar-refractivity contribution in [3.05, 3.63) is 11.8 Å². The lowest BCUT2D eigenvalue weighted by molar-refractivity contribution is -0.297. The van der Waals surface area contributed by atoms with Gasteiger partial charge < -0.3 is 15.3 Å². The largest absolute Gasteiger partial charge is 0.545 e. The molecule has 0 amide bonds. The summed E-state index contributed by atoms with van der Waals surface area (Å²) in [5, 5.41) is 9.63. The predicted octanol–water partition coefficient (Wildman–Crippen LogP) is -1.35. The van der Waals surface area contributed by atoms with E-state index in [1.54, 1.807) is 0 Å². The van der Waals surface area contributed by atoms with E-state index in [2.05, 4.69) is 5.84 Å². The summed E-state index contributed by atoms with van der Waals surface area (Å²) < 4.78 is 34.7. The number of nitrogens with one attached hydrogen (secondary N) is 1. The lowest BCUT2D eigenvalue weighted by Crippen LogP contribution is -2.34. The number of hydrazine groups is 1. The first-order valence-corrected chi connectivity index (χ1v) is 2.34.